The Morgan fingerprint density at radius 2 is 1.60 bits per heavy atom. The third kappa shape index (κ3) is 3.77. The van der Waals surface area contributed by atoms with Crippen LogP contribution in [0.25, 0.3) is 0 Å². The normalized spacial score (nSPS) is 19.3. The lowest BCUT2D eigenvalue weighted by molar-refractivity contribution is -0.509. The third-order valence-corrected chi connectivity index (χ3v) is 5.48. The zero-order chi connectivity index (χ0) is 16.4. The van der Waals surface area contributed by atoms with E-state index >= 15 is 0 Å². The maximum absolute atomic E-state index is 12.9. The van der Waals surface area contributed by atoms with Crippen molar-refractivity contribution in [2.75, 3.05) is 13.1 Å². The zero-order valence-corrected chi connectivity index (χ0v) is 16.0. The first-order valence-corrected chi connectivity index (χ1v) is 9.09. The van der Waals surface area contributed by atoms with Crippen molar-refractivity contribution in [1.82, 2.24) is 0 Å². The number of aryl methyl sites for hydroxylation is 1. The molecular formula is C22H24BrNO. The maximum Gasteiger partial charge on any atom is 0.164 e. The third-order valence-electron chi connectivity index (χ3n) is 5.48. The van der Waals surface area contributed by atoms with Crippen LogP contribution in [0.15, 0.2) is 54.6 Å². The lowest BCUT2D eigenvalue weighted by atomic mass is 9.78. The van der Waals surface area contributed by atoms with Crippen LogP contribution < -0.4 is 17.0 Å². The van der Waals surface area contributed by atoms with Crippen LogP contribution in [0.2, 0.25) is 0 Å². The smallest absolute Gasteiger partial charge is 0.164 e. The van der Waals surface area contributed by atoms with Crippen LogP contribution in [0, 0.1) is 0 Å². The molecule has 130 valence electrons. The summed E-state index contributed by atoms with van der Waals surface area (Å²) in [6.07, 6.45) is 5.36. The van der Waals surface area contributed by atoms with Gasteiger partial charge < -0.3 is 17.0 Å². The van der Waals surface area contributed by atoms with E-state index in [2.05, 4.69) is 28.8 Å². The van der Waals surface area contributed by atoms with Crippen LogP contribution in [-0.2, 0) is 6.42 Å². The number of carbonyl (C=O) groups excluding carboxylic acids is 1. The SMILES string of the molecule is O=C(CC1C(=[N+]2CCCC2)CCc2ccccc21)c1ccccc1.[Br-]. The summed E-state index contributed by atoms with van der Waals surface area (Å²) in [7, 11) is 0. The molecule has 2 aromatic carbocycles. The predicted molar refractivity (Wildman–Crippen MR) is 97.1 cm³/mol. The first-order valence-electron chi connectivity index (χ1n) is 9.09. The van der Waals surface area contributed by atoms with Crippen molar-refractivity contribution in [2.24, 2.45) is 0 Å². The Balaban J connectivity index is 0.00000182. The zero-order valence-electron chi connectivity index (χ0n) is 14.5. The van der Waals surface area contributed by atoms with Gasteiger partial charge in [-0.2, -0.15) is 0 Å². The molecule has 25 heavy (non-hydrogen) atoms. The Kier molecular flexibility index (Phi) is 5.85. The number of hydrogen-bond acceptors (Lipinski definition) is 1. The molecule has 1 atom stereocenters. The first kappa shape index (κ1) is 18.1. The van der Waals surface area contributed by atoms with Gasteiger partial charge in [0, 0.05) is 31.2 Å². The van der Waals surface area contributed by atoms with Crippen LogP contribution in [-0.4, -0.2) is 29.2 Å². The summed E-state index contributed by atoms with van der Waals surface area (Å²) in [6, 6.07) is 18.4. The minimum atomic E-state index is 0. The molecule has 1 saturated heterocycles. The van der Waals surface area contributed by atoms with Gasteiger partial charge in [0.1, 0.15) is 13.1 Å². The second kappa shape index (κ2) is 8.09. The number of benzene rings is 2. The van der Waals surface area contributed by atoms with E-state index in [1.54, 1.807) is 0 Å². The van der Waals surface area contributed by atoms with Crippen molar-refractivity contribution in [1.29, 1.82) is 0 Å². The van der Waals surface area contributed by atoms with Gasteiger partial charge in [0.05, 0.1) is 5.92 Å². The van der Waals surface area contributed by atoms with Crippen LogP contribution in [0.5, 0.6) is 0 Å². The van der Waals surface area contributed by atoms with Crippen LogP contribution >= 0.6 is 0 Å². The molecule has 0 N–H and O–H groups in total. The molecule has 0 spiro atoms. The van der Waals surface area contributed by atoms with Gasteiger partial charge in [-0.1, -0.05) is 54.6 Å². The van der Waals surface area contributed by atoms with Gasteiger partial charge in [-0.15, -0.1) is 0 Å². The lowest BCUT2D eigenvalue weighted by Crippen LogP contribution is -3.00. The number of halogens is 1. The van der Waals surface area contributed by atoms with Crippen molar-refractivity contribution >= 4 is 11.5 Å². The Labute approximate surface area is 160 Å². The fourth-order valence-electron chi connectivity index (χ4n) is 4.26. The first-order chi connectivity index (χ1) is 11.8. The molecular weight excluding hydrogens is 374 g/mol. The molecule has 2 aromatic rings. The molecule has 0 bridgehead atoms. The van der Waals surface area contributed by atoms with E-state index in [0.29, 0.717) is 6.42 Å². The highest BCUT2D eigenvalue weighted by Gasteiger charge is 2.34. The standard InChI is InChI=1S/C22H24NO.BrH/c24-22(18-9-2-1-3-10-18)16-20-19-11-5-4-8-17(19)12-13-21(20)23-14-6-7-15-23;/h1-5,8-11,20H,6-7,12-16H2;1H/q+1;/p-1. The fourth-order valence-corrected chi connectivity index (χ4v) is 4.26. The predicted octanol–water partition coefficient (Wildman–Crippen LogP) is 1.24. The monoisotopic (exact) mass is 397 g/mol. The quantitative estimate of drug-likeness (QED) is 0.563. The maximum atomic E-state index is 12.9. The molecule has 3 heteroatoms. The van der Waals surface area contributed by atoms with Gasteiger partial charge in [-0.05, 0) is 17.5 Å². The summed E-state index contributed by atoms with van der Waals surface area (Å²) in [5.41, 5.74) is 5.12. The summed E-state index contributed by atoms with van der Waals surface area (Å²) >= 11 is 0. The van der Waals surface area contributed by atoms with Crippen molar-refractivity contribution in [2.45, 2.75) is 38.0 Å². The van der Waals surface area contributed by atoms with E-state index in [4.69, 9.17) is 0 Å². The molecule has 0 amide bonds. The second-order valence-corrected chi connectivity index (χ2v) is 6.93. The molecule has 0 aromatic heterocycles. The Bertz CT molecular complexity index is 774. The van der Waals surface area contributed by atoms with E-state index in [9.17, 15) is 4.79 Å². The highest BCUT2D eigenvalue weighted by Crippen LogP contribution is 2.33. The second-order valence-electron chi connectivity index (χ2n) is 6.93. The number of Topliss-reactive ketones (excluding diaryl/α,β-unsaturated/α-hetero) is 1. The molecule has 1 heterocycles. The van der Waals surface area contributed by atoms with Crippen molar-refractivity contribution in [3.05, 3.63) is 71.3 Å². The van der Waals surface area contributed by atoms with Gasteiger partial charge in [-0.25, -0.2) is 4.58 Å². The fraction of sp³-hybridized carbons (Fsp3) is 0.364. The molecule has 2 nitrogen and oxygen atoms in total. The topological polar surface area (TPSA) is 20.1 Å². The molecule has 2 aliphatic rings. The Morgan fingerprint density at radius 3 is 2.36 bits per heavy atom. The average molecular weight is 398 g/mol. The number of carbonyl (C=O) groups is 1. The van der Waals surface area contributed by atoms with Crippen LogP contribution in [0.3, 0.4) is 0 Å². The summed E-state index contributed by atoms with van der Waals surface area (Å²) in [5, 5.41) is 0. The Morgan fingerprint density at radius 1 is 0.920 bits per heavy atom. The van der Waals surface area contributed by atoms with Crippen molar-refractivity contribution in [3.8, 4) is 0 Å². The summed E-state index contributed by atoms with van der Waals surface area (Å²) < 4.78 is 2.55. The number of fused-ring (bicyclic) bond motifs is 1. The van der Waals surface area contributed by atoms with E-state index in [1.807, 2.05) is 30.3 Å². The highest BCUT2D eigenvalue weighted by molar-refractivity contribution is 6.01. The summed E-state index contributed by atoms with van der Waals surface area (Å²) in [4.78, 5) is 12.9. The van der Waals surface area contributed by atoms with E-state index < -0.39 is 0 Å². The van der Waals surface area contributed by atoms with Gasteiger partial charge in [0.15, 0.2) is 11.5 Å². The molecule has 0 radical (unpaired) electrons. The molecule has 1 aliphatic carbocycles. The van der Waals surface area contributed by atoms with Crippen molar-refractivity contribution < 1.29 is 26.4 Å². The summed E-state index contributed by atoms with van der Waals surface area (Å²) in [6.45, 7) is 2.32. The molecule has 1 fully saturated rings. The number of nitrogens with zero attached hydrogens (tertiary/aromatic N) is 1. The molecule has 4 rings (SSSR count). The number of rotatable bonds is 3. The largest absolute Gasteiger partial charge is 1.00 e. The lowest BCUT2D eigenvalue weighted by Gasteiger charge is -2.25. The van der Waals surface area contributed by atoms with E-state index in [-0.39, 0.29) is 28.7 Å². The molecule has 1 aliphatic heterocycles. The van der Waals surface area contributed by atoms with Gasteiger partial charge in [-0.3, -0.25) is 4.79 Å². The van der Waals surface area contributed by atoms with E-state index in [0.717, 1.165) is 31.5 Å². The minimum Gasteiger partial charge on any atom is -1.00 e. The molecule has 0 saturated carbocycles. The van der Waals surface area contributed by atoms with Gasteiger partial charge >= 0.3 is 0 Å². The van der Waals surface area contributed by atoms with Gasteiger partial charge in [0.25, 0.3) is 0 Å². The Hall–Kier alpha value is -1.74. The number of hydrogen-bond donors (Lipinski definition) is 0. The highest BCUT2D eigenvalue weighted by atomic mass is 79.9. The average Bonchev–Trinajstić information content (AvgIpc) is 3.17. The minimum absolute atomic E-state index is 0. The number of ketones is 1. The van der Waals surface area contributed by atoms with Crippen molar-refractivity contribution in [3.63, 3.8) is 0 Å². The van der Waals surface area contributed by atoms with E-state index in [1.165, 1.54) is 29.7 Å². The molecule has 1 unspecified atom stereocenters. The van der Waals surface area contributed by atoms with Crippen LogP contribution in [0.1, 0.15) is 53.1 Å². The van der Waals surface area contributed by atoms with Gasteiger partial charge in [0.2, 0.25) is 0 Å². The summed E-state index contributed by atoms with van der Waals surface area (Å²) in [5.74, 6) is 0.509. The van der Waals surface area contributed by atoms with Crippen LogP contribution in [0.4, 0.5) is 0 Å².